The number of nitrogens with one attached hydrogen (secondary N) is 1. The number of carboxylic acids is 1. The number of hydrogen-bond donors (Lipinski definition) is 2. The first-order valence-electron chi connectivity index (χ1n) is 5.94. The van der Waals surface area contributed by atoms with Crippen molar-refractivity contribution in [2.75, 3.05) is 13.1 Å². The fourth-order valence-corrected chi connectivity index (χ4v) is 2.09. The summed E-state index contributed by atoms with van der Waals surface area (Å²) in [7, 11) is 0. The molecule has 9 nitrogen and oxygen atoms in total. The minimum Gasteiger partial charge on any atom is -0.481 e. The number of piperazine rings is 1. The molecule has 1 aliphatic rings. The van der Waals surface area contributed by atoms with Gasteiger partial charge in [-0.15, -0.1) is 0 Å². The highest BCUT2D eigenvalue weighted by molar-refractivity contribution is 5.86. The van der Waals surface area contributed by atoms with E-state index in [2.05, 4.69) is 5.32 Å². The molecule has 108 valence electrons. The summed E-state index contributed by atoms with van der Waals surface area (Å²) in [5.74, 6) is -1.50. The van der Waals surface area contributed by atoms with Crippen molar-refractivity contribution in [3.05, 3.63) is 28.0 Å². The van der Waals surface area contributed by atoms with Crippen molar-refractivity contribution in [2.45, 2.75) is 19.0 Å². The minimum atomic E-state index is -1.08. The van der Waals surface area contributed by atoms with Gasteiger partial charge in [-0.05, 0) is 6.07 Å². The van der Waals surface area contributed by atoms with E-state index in [4.69, 9.17) is 9.52 Å². The first-order chi connectivity index (χ1) is 9.47. The Morgan fingerprint density at radius 1 is 1.60 bits per heavy atom. The van der Waals surface area contributed by atoms with E-state index in [1.54, 1.807) is 4.90 Å². The minimum absolute atomic E-state index is 0.152. The molecule has 1 aliphatic heterocycles. The molecule has 20 heavy (non-hydrogen) atoms. The Labute approximate surface area is 113 Å². The second-order valence-corrected chi connectivity index (χ2v) is 4.37. The summed E-state index contributed by atoms with van der Waals surface area (Å²) in [6, 6.07) is 1.87. The van der Waals surface area contributed by atoms with Crippen LogP contribution in [0.3, 0.4) is 0 Å². The maximum Gasteiger partial charge on any atom is 0.433 e. The lowest BCUT2D eigenvalue weighted by Gasteiger charge is -2.33. The Kier molecular flexibility index (Phi) is 3.99. The van der Waals surface area contributed by atoms with Crippen LogP contribution < -0.4 is 5.32 Å². The Bertz CT molecular complexity index is 540. The van der Waals surface area contributed by atoms with Gasteiger partial charge in [0.15, 0.2) is 0 Å². The molecule has 1 aromatic heterocycles. The van der Waals surface area contributed by atoms with Crippen LogP contribution >= 0.6 is 0 Å². The van der Waals surface area contributed by atoms with Gasteiger partial charge in [-0.1, -0.05) is 0 Å². The standard InChI is InChI=1S/C11H13N3O6/c15-10(16)5-8-11(17)12-3-4-13(8)6-7-1-2-9(20-7)14(18)19/h1-2,8H,3-6H2,(H,12,17)(H,15,16). The molecule has 1 atom stereocenters. The van der Waals surface area contributed by atoms with Gasteiger partial charge in [0.05, 0.1) is 19.0 Å². The molecule has 0 saturated carbocycles. The molecule has 0 bridgehead atoms. The monoisotopic (exact) mass is 283 g/mol. The van der Waals surface area contributed by atoms with Crippen LogP contribution in [0.4, 0.5) is 5.88 Å². The highest BCUT2D eigenvalue weighted by Gasteiger charge is 2.32. The molecule has 0 aliphatic carbocycles. The van der Waals surface area contributed by atoms with Crippen LogP contribution in [0, 0.1) is 10.1 Å². The summed E-state index contributed by atoms with van der Waals surface area (Å²) in [5.41, 5.74) is 0. The van der Waals surface area contributed by atoms with Crippen LogP contribution in [0.2, 0.25) is 0 Å². The van der Waals surface area contributed by atoms with E-state index in [1.807, 2.05) is 0 Å². The topological polar surface area (TPSA) is 126 Å². The van der Waals surface area contributed by atoms with Crippen molar-refractivity contribution in [1.82, 2.24) is 10.2 Å². The Balaban J connectivity index is 2.09. The van der Waals surface area contributed by atoms with Gasteiger partial charge in [0.1, 0.15) is 16.7 Å². The van der Waals surface area contributed by atoms with Crippen LogP contribution in [0.15, 0.2) is 16.5 Å². The van der Waals surface area contributed by atoms with Gasteiger partial charge in [-0.2, -0.15) is 0 Å². The number of carbonyl (C=O) groups excluding carboxylic acids is 1. The lowest BCUT2D eigenvalue weighted by atomic mass is 10.1. The molecule has 2 heterocycles. The third-order valence-electron chi connectivity index (χ3n) is 3.00. The van der Waals surface area contributed by atoms with Gasteiger partial charge in [-0.25, -0.2) is 0 Å². The van der Waals surface area contributed by atoms with E-state index in [-0.39, 0.29) is 24.8 Å². The highest BCUT2D eigenvalue weighted by atomic mass is 16.6. The molecule has 1 fully saturated rings. The summed E-state index contributed by atoms with van der Waals surface area (Å²) >= 11 is 0. The second-order valence-electron chi connectivity index (χ2n) is 4.37. The number of carbonyl (C=O) groups is 2. The van der Waals surface area contributed by atoms with Gasteiger partial charge in [0.25, 0.3) is 0 Å². The molecule has 0 radical (unpaired) electrons. The number of aliphatic carboxylic acids is 1. The third kappa shape index (κ3) is 3.12. The largest absolute Gasteiger partial charge is 0.481 e. The fourth-order valence-electron chi connectivity index (χ4n) is 2.09. The molecular formula is C11H13N3O6. The molecule has 1 aromatic rings. The number of nitrogens with zero attached hydrogens (tertiary/aromatic N) is 2. The zero-order chi connectivity index (χ0) is 14.7. The van der Waals surface area contributed by atoms with Gasteiger partial charge in [0.2, 0.25) is 5.91 Å². The number of furan rings is 1. The number of carboxylic acid groups (broad SMARTS) is 1. The summed E-state index contributed by atoms with van der Waals surface area (Å²) in [4.78, 5) is 34.0. The van der Waals surface area contributed by atoms with Crippen molar-refractivity contribution in [1.29, 1.82) is 0 Å². The molecule has 0 spiro atoms. The third-order valence-corrected chi connectivity index (χ3v) is 3.00. The van der Waals surface area contributed by atoms with E-state index >= 15 is 0 Å². The van der Waals surface area contributed by atoms with Crippen molar-refractivity contribution < 1.29 is 24.0 Å². The lowest BCUT2D eigenvalue weighted by molar-refractivity contribution is -0.402. The zero-order valence-corrected chi connectivity index (χ0v) is 10.4. The van der Waals surface area contributed by atoms with E-state index in [1.165, 1.54) is 12.1 Å². The van der Waals surface area contributed by atoms with Gasteiger partial charge >= 0.3 is 11.9 Å². The smallest absolute Gasteiger partial charge is 0.433 e. The molecule has 1 unspecified atom stereocenters. The van der Waals surface area contributed by atoms with Crippen LogP contribution in [-0.4, -0.2) is 45.9 Å². The molecule has 9 heteroatoms. The molecule has 0 aromatic carbocycles. The van der Waals surface area contributed by atoms with Gasteiger partial charge in [0, 0.05) is 13.1 Å². The van der Waals surface area contributed by atoms with Crippen LogP contribution in [-0.2, 0) is 16.1 Å². The van der Waals surface area contributed by atoms with E-state index in [0.717, 1.165) is 0 Å². The van der Waals surface area contributed by atoms with Crippen LogP contribution in [0.5, 0.6) is 0 Å². The van der Waals surface area contributed by atoms with Crippen LogP contribution in [0.1, 0.15) is 12.2 Å². The van der Waals surface area contributed by atoms with E-state index < -0.39 is 16.9 Å². The average Bonchev–Trinajstić information content (AvgIpc) is 2.82. The Morgan fingerprint density at radius 2 is 2.35 bits per heavy atom. The molecule has 2 N–H and O–H groups in total. The van der Waals surface area contributed by atoms with Crippen LogP contribution in [0.25, 0.3) is 0 Å². The van der Waals surface area contributed by atoms with Crippen molar-refractivity contribution in [3.8, 4) is 0 Å². The average molecular weight is 283 g/mol. The maximum atomic E-state index is 11.7. The first-order valence-corrected chi connectivity index (χ1v) is 5.94. The predicted molar refractivity (Wildman–Crippen MR) is 64.8 cm³/mol. The quantitative estimate of drug-likeness (QED) is 0.573. The molecule has 2 rings (SSSR count). The van der Waals surface area contributed by atoms with Gasteiger partial charge < -0.3 is 14.8 Å². The second kappa shape index (κ2) is 5.70. The molecule has 1 amide bonds. The molecular weight excluding hydrogens is 270 g/mol. The highest BCUT2D eigenvalue weighted by Crippen LogP contribution is 2.19. The zero-order valence-electron chi connectivity index (χ0n) is 10.4. The normalized spacial score (nSPS) is 19.6. The van der Waals surface area contributed by atoms with Crippen molar-refractivity contribution >= 4 is 17.8 Å². The first kappa shape index (κ1) is 14.0. The van der Waals surface area contributed by atoms with Crippen molar-refractivity contribution in [3.63, 3.8) is 0 Å². The lowest BCUT2D eigenvalue weighted by Crippen LogP contribution is -2.55. The SMILES string of the molecule is O=C(O)CC1C(=O)NCCN1Cc1ccc([N+](=O)[O-])o1. The fraction of sp³-hybridized carbons (Fsp3) is 0.455. The number of hydrogen-bond acceptors (Lipinski definition) is 6. The number of nitro groups is 1. The van der Waals surface area contributed by atoms with Crippen molar-refractivity contribution in [2.24, 2.45) is 0 Å². The predicted octanol–water partition coefficient (Wildman–Crippen LogP) is -0.0371. The summed E-state index contributed by atoms with van der Waals surface area (Å²) < 4.78 is 5.02. The summed E-state index contributed by atoms with van der Waals surface area (Å²) in [5, 5.41) is 21.9. The number of amides is 1. The van der Waals surface area contributed by atoms with E-state index in [0.29, 0.717) is 18.8 Å². The van der Waals surface area contributed by atoms with Gasteiger partial charge in [-0.3, -0.25) is 24.6 Å². The molecule has 1 saturated heterocycles. The Hall–Kier alpha value is -2.42. The summed E-state index contributed by atoms with van der Waals surface area (Å²) in [6.45, 7) is 1.01. The summed E-state index contributed by atoms with van der Waals surface area (Å²) in [6.07, 6.45) is -0.325. The van der Waals surface area contributed by atoms with E-state index in [9.17, 15) is 19.7 Å². The maximum absolute atomic E-state index is 11.7. The number of rotatable bonds is 5. The Morgan fingerprint density at radius 3 is 2.95 bits per heavy atom.